The molecule has 3 heteroatoms. The number of hydrogen-bond acceptors (Lipinski definition) is 3. The Hall–Kier alpha value is -2.13. The molecule has 0 amide bonds. The lowest BCUT2D eigenvalue weighted by atomic mass is 10.0. The molecule has 19 heavy (non-hydrogen) atoms. The third-order valence-electron chi connectivity index (χ3n) is 3.29. The number of rotatable bonds is 3. The molecule has 96 valence electrons. The highest BCUT2D eigenvalue weighted by Gasteiger charge is 2.27. The Balaban J connectivity index is 1.68. The van der Waals surface area contributed by atoms with Crippen LogP contribution in [0.25, 0.3) is 0 Å². The standard InChI is InChI=1S/C16H15NO2/c18-16-14(17-11-12-6-2-1-3-7-12)10-13-8-4-5-9-15(13)19-16/h1-9,14,17H,10-11H2. The maximum atomic E-state index is 11.9. The lowest BCUT2D eigenvalue weighted by Gasteiger charge is -2.24. The monoisotopic (exact) mass is 253 g/mol. The summed E-state index contributed by atoms with van der Waals surface area (Å²) in [5.74, 6) is 0.486. The fourth-order valence-corrected chi connectivity index (χ4v) is 2.25. The van der Waals surface area contributed by atoms with Gasteiger partial charge in [0.1, 0.15) is 11.8 Å². The van der Waals surface area contributed by atoms with Crippen molar-refractivity contribution in [1.82, 2.24) is 5.32 Å². The Kier molecular flexibility index (Phi) is 3.29. The molecule has 1 heterocycles. The molecule has 0 saturated heterocycles. The van der Waals surface area contributed by atoms with Gasteiger partial charge in [0.2, 0.25) is 0 Å². The number of carbonyl (C=O) groups is 1. The summed E-state index contributed by atoms with van der Waals surface area (Å²) in [6.45, 7) is 0.669. The van der Waals surface area contributed by atoms with Gasteiger partial charge in [-0.3, -0.25) is 5.32 Å². The second kappa shape index (κ2) is 5.24. The van der Waals surface area contributed by atoms with Crippen LogP contribution >= 0.6 is 0 Å². The van der Waals surface area contributed by atoms with Crippen molar-refractivity contribution in [3.05, 3.63) is 65.7 Å². The van der Waals surface area contributed by atoms with Gasteiger partial charge in [-0.2, -0.15) is 0 Å². The second-order valence-electron chi connectivity index (χ2n) is 4.65. The molecule has 0 aliphatic carbocycles. The van der Waals surface area contributed by atoms with E-state index in [9.17, 15) is 4.79 Å². The van der Waals surface area contributed by atoms with Crippen molar-refractivity contribution in [3.63, 3.8) is 0 Å². The minimum absolute atomic E-state index is 0.199. The van der Waals surface area contributed by atoms with Crippen molar-refractivity contribution >= 4 is 5.97 Å². The summed E-state index contributed by atoms with van der Waals surface area (Å²) in [6.07, 6.45) is 0.682. The molecule has 0 bridgehead atoms. The maximum absolute atomic E-state index is 11.9. The Bertz CT molecular complexity index is 580. The van der Waals surface area contributed by atoms with E-state index in [0.717, 1.165) is 11.1 Å². The van der Waals surface area contributed by atoms with Crippen molar-refractivity contribution in [2.75, 3.05) is 0 Å². The lowest BCUT2D eigenvalue weighted by molar-refractivity contribution is -0.137. The Labute approximate surface area is 112 Å². The number of carbonyl (C=O) groups excluding carboxylic acids is 1. The van der Waals surface area contributed by atoms with Crippen LogP contribution in [-0.4, -0.2) is 12.0 Å². The SMILES string of the molecule is O=C1Oc2ccccc2CC1NCc1ccccc1. The molecule has 0 fully saturated rings. The van der Waals surface area contributed by atoms with E-state index < -0.39 is 0 Å². The largest absolute Gasteiger partial charge is 0.425 e. The van der Waals surface area contributed by atoms with Crippen LogP contribution in [0.3, 0.4) is 0 Å². The Morgan fingerprint density at radius 2 is 1.79 bits per heavy atom. The summed E-state index contributed by atoms with van der Waals surface area (Å²) in [4.78, 5) is 11.9. The summed E-state index contributed by atoms with van der Waals surface area (Å²) < 4.78 is 5.33. The predicted molar refractivity (Wildman–Crippen MR) is 72.9 cm³/mol. The van der Waals surface area contributed by atoms with Gasteiger partial charge in [0.15, 0.2) is 0 Å². The van der Waals surface area contributed by atoms with Crippen molar-refractivity contribution < 1.29 is 9.53 Å². The quantitative estimate of drug-likeness (QED) is 0.674. The van der Waals surface area contributed by atoms with Gasteiger partial charge in [-0.1, -0.05) is 48.5 Å². The third-order valence-corrected chi connectivity index (χ3v) is 3.29. The first-order valence-corrected chi connectivity index (χ1v) is 6.40. The Morgan fingerprint density at radius 3 is 2.63 bits per heavy atom. The van der Waals surface area contributed by atoms with Crippen LogP contribution in [0.2, 0.25) is 0 Å². The summed E-state index contributed by atoms with van der Waals surface area (Å²) in [6, 6.07) is 17.4. The first kappa shape index (κ1) is 11.9. The summed E-state index contributed by atoms with van der Waals surface area (Å²) in [5, 5.41) is 3.25. The van der Waals surface area contributed by atoms with Crippen LogP contribution in [-0.2, 0) is 17.8 Å². The number of nitrogens with one attached hydrogen (secondary N) is 1. The fourth-order valence-electron chi connectivity index (χ4n) is 2.25. The van der Waals surface area contributed by atoms with E-state index in [-0.39, 0.29) is 12.0 Å². The van der Waals surface area contributed by atoms with Gasteiger partial charge in [0.25, 0.3) is 0 Å². The molecular weight excluding hydrogens is 238 g/mol. The molecule has 2 aromatic carbocycles. The van der Waals surface area contributed by atoms with Crippen LogP contribution in [0.1, 0.15) is 11.1 Å². The minimum Gasteiger partial charge on any atom is -0.425 e. The molecular formula is C16H15NO2. The van der Waals surface area contributed by atoms with Crippen LogP contribution in [0.15, 0.2) is 54.6 Å². The zero-order valence-corrected chi connectivity index (χ0v) is 10.5. The average molecular weight is 253 g/mol. The van der Waals surface area contributed by atoms with Crippen LogP contribution < -0.4 is 10.1 Å². The van der Waals surface area contributed by atoms with Crippen molar-refractivity contribution in [3.8, 4) is 5.75 Å². The van der Waals surface area contributed by atoms with Crippen molar-refractivity contribution in [2.24, 2.45) is 0 Å². The molecule has 1 aliphatic rings. The number of para-hydroxylation sites is 1. The van der Waals surface area contributed by atoms with E-state index >= 15 is 0 Å². The number of fused-ring (bicyclic) bond motifs is 1. The maximum Gasteiger partial charge on any atom is 0.328 e. The van der Waals surface area contributed by atoms with E-state index in [1.165, 1.54) is 0 Å². The molecule has 3 rings (SSSR count). The Morgan fingerprint density at radius 1 is 1.05 bits per heavy atom. The zero-order valence-electron chi connectivity index (χ0n) is 10.5. The normalized spacial score (nSPS) is 17.7. The zero-order chi connectivity index (χ0) is 13.1. The first-order valence-electron chi connectivity index (χ1n) is 6.40. The second-order valence-corrected chi connectivity index (χ2v) is 4.65. The fraction of sp³-hybridized carbons (Fsp3) is 0.188. The molecule has 0 spiro atoms. The first-order chi connectivity index (χ1) is 9.33. The summed E-state index contributed by atoms with van der Waals surface area (Å²) in [7, 11) is 0. The van der Waals surface area contributed by atoms with Gasteiger partial charge in [-0.25, -0.2) is 4.79 Å². The van der Waals surface area contributed by atoms with E-state index in [2.05, 4.69) is 5.32 Å². The van der Waals surface area contributed by atoms with Crippen molar-refractivity contribution in [2.45, 2.75) is 19.0 Å². The number of ether oxygens (including phenoxy) is 1. The number of hydrogen-bond donors (Lipinski definition) is 1. The van der Waals surface area contributed by atoms with E-state index in [1.807, 2.05) is 54.6 Å². The molecule has 1 N–H and O–H groups in total. The predicted octanol–water partition coefficient (Wildman–Crippen LogP) is 2.31. The molecule has 1 unspecified atom stereocenters. The van der Waals surface area contributed by atoms with Gasteiger partial charge in [-0.05, 0) is 17.2 Å². The summed E-state index contributed by atoms with van der Waals surface area (Å²) >= 11 is 0. The van der Waals surface area contributed by atoms with E-state index in [1.54, 1.807) is 0 Å². The van der Waals surface area contributed by atoms with E-state index in [0.29, 0.717) is 18.7 Å². The van der Waals surface area contributed by atoms with Crippen LogP contribution in [0.5, 0.6) is 5.75 Å². The van der Waals surface area contributed by atoms with E-state index in [4.69, 9.17) is 4.74 Å². The topological polar surface area (TPSA) is 38.3 Å². The molecule has 2 aromatic rings. The van der Waals surface area contributed by atoms with Crippen LogP contribution in [0, 0.1) is 0 Å². The summed E-state index contributed by atoms with van der Waals surface area (Å²) in [5.41, 5.74) is 2.24. The third kappa shape index (κ3) is 2.66. The van der Waals surface area contributed by atoms with Crippen LogP contribution in [0.4, 0.5) is 0 Å². The minimum atomic E-state index is -0.268. The van der Waals surface area contributed by atoms with Gasteiger partial charge < -0.3 is 4.74 Å². The number of benzene rings is 2. The van der Waals surface area contributed by atoms with Crippen molar-refractivity contribution in [1.29, 1.82) is 0 Å². The molecule has 0 aromatic heterocycles. The van der Waals surface area contributed by atoms with Gasteiger partial charge in [0.05, 0.1) is 0 Å². The molecule has 1 atom stereocenters. The highest BCUT2D eigenvalue weighted by atomic mass is 16.5. The highest BCUT2D eigenvalue weighted by Crippen LogP contribution is 2.24. The molecule has 3 nitrogen and oxygen atoms in total. The molecule has 0 radical (unpaired) electrons. The molecule has 0 saturated carbocycles. The smallest absolute Gasteiger partial charge is 0.328 e. The lowest BCUT2D eigenvalue weighted by Crippen LogP contribution is -2.43. The highest BCUT2D eigenvalue weighted by molar-refractivity contribution is 5.81. The van der Waals surface area contributed by atoms with Gasteiger partial charge >= 0.3 is 5.97 Å². The number of esters is 1. The van der Waals surface area contributed by atoms with Gasteiger partial charge in [-0.15, -0.1) is 0 Å². The molecule has 1 aliphatic heterocycles. The average Bonchev–Trinajstić information content (AvgIpc) is 2.46. The van der Waals surface area contributed by atoms with Gasteiger partial charge in [0, 0.05) is 13.0 Å².